The summed E-state index contributed by atoms with van der Waals surface area (Å²) in [5.74, 6) is 0. The van der Waals surface area contributed by atoms with E-state index in [9.17, 15) is 8.42 Å². The van der Waals surface area contributed by atoms with E-state index in [-0.39, 0.29) is 0 Å². The molecule has 0 spiro atoms. The fraction of sp³-hybridized carbons (Fsp3) is 0.125. The first-order chi connectivity index (χ1) is 6.98. The van der Waals surface area contributed by atoms with Crippen LogP contribution >= 0.6 is 15.9 Å². The lowest BCUT2D eigenvalue weighted by molar-refractivity contribution is 0.593. The molecule has 0 radical (unpaired) electrons. The highest BCUT2D eigenvalue weighted by atomic mass is 79.9. The van der Waals surface area contributed by atoms with E-state index in [0.29, 0.717) is 15.7 Å². The average molecular weight is 290 g/mol. The van der Waals surface area contributed by atoms with Gasteiger partial charge in [-0.25, -0.2) is 4.72 Å². The Balaban J connectivity index is 3.04. The minimum Gasteiger partial charge on any atom is -0.270 e. The second-order valence-corrected chi connectivity index (χ2v) is 5.09. The normalized spacial score (nSPS) is 10.7. The van der Waals surface area contributed by atoms with Crippen molar-refractivity contribution in [1.29, 1.82) is 5.26 Å². The van der Waals surface area contributed by atoms with Gasteiger partial charge in [-0.15, -0.1) is 0 Å². The van der Waals surface area contributed by atoms with E-state index < -0.39 is 10.2 Å². The molecule has 1 aromatic rings. The topological polar surface area (TPSA) is 82.0 Å². The van der Waals surface area contributed by atoms with Gasteiger partial charge in [0.25, 0.3) is 10.2 Å². The van der Waals surface area contributed by atoms with Crippen LogP contribution in [0.5, 0.6) is 0 Å². The standard InChI is InChI=1S/C8H8BrN3O2S/c1-11-15(13,14)12-8-3-2-6(5-10)4-7(8)9/h2-4,11-12H,1H3. The molecule has 0 amide bonds. The van der Waals surface area contributed by atoms with Crippen LogP contribution in [0.4, 0.5) is 5.69 Å². The third-order valence-electron chi connectivity index (χ3n) is 1.61. The van der Waals surface area contributed by atoms with E-state index in [4.69, 9.17) is 5.26 Å². The molecule has 0 saturated heterocycles. The molecule has 0 heterocycles. The van der Waals surface area contributed by atoms with Crippen LogP contribution in [0.3, 0.4) is 0 Å². The Morgan fingerprint density at radius 2 is 2.13 bits per heavy atom. The number of hydrogen-bond donors (Lipinski definition) is 2. The maximum Gasteiger partial charge on any atom is 0.298 e. The number of nitriles is 1. The summed E-state index contributed by atoms with van der Waals surface area (Å²) in [6.07, 6.45) is 0. The maximum absolute atomic E-state index is 11.2. The van der Waals surface area contributed by atoms with Crippen LogP contribution in [0.25, 0.3) is 0 Å². The van der Waals surface area contributed by atoms with Gasteiger partial charge >= 0.3 is 0 Å². The molecule has 1 rings (SSSR count). The first kappa shape index (κ1) is 12.0. The molecule has 0 bridgehead atoms. The molecule has 0 aliphatic heterocycles. The average Bonchev–Trinajstić information content (AvgIpc) is 2.21. The summed E-state index contributed by atoms with van der Waals surface area (Å²) in [4.78, 5) is 0. The zero-order valence-electron chi connectivity index (χ0n) is 7.78. The molecule has 2 N–H and O–H groups in total. The van der Waals surface area contributed by atoms with Crippen LogP contribution in [0.1, 0.15) is 5.56 Å². The van der Waals surface area contributed by atoms with E-state index in [1.54, 1.807) is 0 Å². The number of halogens is 1. The lowest BCUT2D eigenvalue weighted by Gasteiger charge is -2.08. The fourth-order valence-corrected chi connectivity index (χ4v) is 2.04. The van der Waals surface area contributed by atoms with Gasteiger partial charge in [-0.1, -0.05) is 0 Å². The van der Waals surface area contributed by atoms with Crippen molar-refractivity contribution in [3.05, 3.63) is 28.2 Å². The van der Waals surface area contributed by atoms with Crippen molar-refractivity contribution in [3.8, 4) is 6.07 Å². The third kappa shape index (κ3) is 3.20. The summed E-state index contributed by atoms with van der Waals surface area (Å²) in [7, 11) is -2.22. The van der Waals surface area contributed by atoms with Crippen LogP contribution in [0.15, 0.2) is 22.7 Å². The Kier molecular flexibility index (Phi) is 3.68. The van der Waals surface area contributed by atoms with E-state index in [1.165, 1.54) is 25.2 Å². The number of benzene rings is 1. The number of nitrogens with zero attached hydrogens (tertiary/aromatic N) is 1. The van der Waals surface area contributed by atoms with E-state index in [0.717, 1.165) is 0 Å². The van der Waals surface area contributed by atoms with Gasteiger partial charge in [-0.05, 0) is 34.1 Å². The molecule has 7 heteroatoms. The second-order valence-electron chi connectivity index (χ2n) is 2.62. The number of anilines is 1. The Morgan fingerprint density at radius 1 is 1.47 bits per heavy atom. The Bertz CT molecular complexity index is 507. The Labute approximate surface area is 96.4 Å². The summed E-state index contributed by atoms with van der Waals surface area (Å²) in [5, 5.41) is 8.61. The van der Waals surface area contributed by atoms with Crippen molar-refractivity contribution in [2.24, 2.45) is 0 Å². The van der Waals surface area contributed by atoms with Gasteiger partial charge in [-0.2, -0.15) is 13.7 Å². The number of rotatable bonds is 3. The van der Waals surface area contributed by atoms with E-state index >= 15 is 0 Å². The van der Waals surface area contributed by atoms with Crippen LogP contribution in [0.2, 0.25) is 0 Å². The molecule has 0 aliphatic rings. The second kappa shape index (κ2) is 4.61. The van der Waals surface area contributed by atoms with Crippen molar-refractivity contribution in [3.63, 3.8) is 0 Å². The predicted molar refractivity (Wildman–Crippen MR) is 60.5 cm³/mol. The van der Waals surface area contributed by atoms with Gasteiger partial charge in [0.1, 0.15) is 0 Å². The highest BCUT2D eigenvalue weighted by Crippen LogP contribution is 2.23. The predicted octanol–water partition coefficient (Wildman–Crippen LogP) is 1.20. The summed E-state index contributed by atoms with van der Waals surface area (Å²) < 4.78 is 27.3. The quantitative estimate of drug-likeness (QED) is 0.877. The molecule has 5 nitrogen and oxygen atoms in total. The zero-order valence-corrected chi connectivity index (χ0v) is 10.2. The third-order valence-corrected chi connectivity index (χ3v) is 3.29. The highest BCUT2D eigenvalue weighted by molar-refractivity contribution is 9.10. The largest absolute Gasteiger partial charge is 0.298 e. The minimum absolute atomic E-state index is 0.378. The smallest absolute Gasteiger partial charge is 0.270 e. The van der Waals surface area contributed by atoms with E-state index in [2.05, 4.69) is 25.4 Å². The summed E-state index contributed by atoms with van der Waals surface area (Å²) >= 11 is 3.16. The molecule has 0 saturated carbocycles. The van der Waals surface area contributed by atoms with Gasteiger partial charge < -0.3 is 0 Å². The molecule has 0 aromatic heterocycles. The first-order valence-electron chi connectivity index (χ1n) is 3.89. The van der Waals surface area contributed by atoms with Crippen molar-refractivity contribution in [2.45, 2.75) is 0 Å². The molecule has 0 unspecified atom stereocenters. The van der Waals surface area contributed by atoms with E-state index in [1.807, 2.05) is 6.07 Å². The molecule has 0 fully saturated rings. The number of hydrogen-bond acceptors (Lipinski definition) is 3. The van der Waals surface area contributed by atoms with Crippen LogP contribution in [-0.4, -0.2) is 15.5 Å². The summed E-state index contributed by atoms with van der Waals surface area (Å²) in [6.45, 7) is 0. The zero-order chi connectivity index (χ0) is 11.5. The first-order valence-corrected chi connectivity index (χ1v) is 6.17. The van der Waals surface area contributed by atoms with Crippen molar-refractivity contribution < 1.29 is 8.42 Å². The molecular weight excluding hydrogens is 282 g/mol. The fourth-order valence-electron chi connectivity index (χ4n) is 0.863. The van der Waals surface area contributed by atoms with Crippen LogP contribution in [0, 0.1) is 11.3 Å². The monoisotopic (exact) mass is 289 g/mol. The van der Waals surface area contributed by atoms with Gasteiger partial charge in [0.2, 0.25) is 0 Å². The van der Waals surface area contributed by atoms with Gasteiger partial charge in [0.15, 0.2) is 0 Å². The molecular formula is C8H8BrN3O2S. The molecule has 1 aromatic carbocycles. The summed E-state index contributed by atoms with van der Waals surface area (Å²) in [6, 6.07) is 6.52. The van der Waals surface area contributed by atoms with Gasteiger partial charge in [0, 0.05) is 11.5 Å². The van der Waals surface area contributed by atoms with Crippen molar-refractivity contribution in [2.75, 3.05) is 11.8 Å². The number of nitrogens with one attached hydrogen (secondary N) is 2. The molecule has 80 valence electrons. The minimum atomic E-state index is -3.53. The van der Waals surface area contributed by atoms with Gasteiger partial charge in [0.05, 0.1) is 17.3 Å². The van der Waals surface area contributed by atoms with Crippen molar-refractivity contribution >= 4 is 31.8 Å². The van der Waals surface area contributed by atoms with Crippen LogP contribution in [-0.2, 0) is 10.2 Å². The lowest BCUT2D eigenvalue weighted by atomic mass is 10.2. The SMILES string of the molecule is CNS(=O)(=O)Nc1ccc(C#N)cc1Br. The molecule has 15 heavy (non-hydrogen) atoms. The van der Waals surface area contributed by atoms with Crippen molar-refractivity contribution in [1.82, 2.24) is 4.72 Å². The maximum atomic E-state index is 11.2. The molecule has 0 aliphatic carbocycles. The Morgan fingerprint density at radius 3 is 2.60 bits per heavy atom. The highest BCUT2D eigenvalue weighted by Gasteiger charge is 2.09. The lowest BCUT2D eigenvalue weighted by Crippen LogP contribution is -2.26. The summed E-state index contributed by atoms with van der Waals surface area (Å²) in [5.41, 5.74) is 0.831. The van der Waals surface area contributed by atoms with Gasteiger partial charge in [-0.3, -0.25) is 4.72 Å². The Hall–Kier alpha value is -1.10. The van der Waals surface area contributed by atoms with Crippen LogP contribution < -0.4 is 9.44 Å². The molecule has 0 atom stereocenters.